The molecule has 3 atom stereocenters. The van der Waals surface area contributed by atoms with Gasteiger partial charge in [0.1, 0.15) is 6.10 Å². The number of pyridine rings is 1. The summed E-state index contributed by atoms with van der Waals surface area (Å²) in [5, 5.41) is 12.2. The maximum absolute atomic E-state index is 13.1. The van der Waals surface area contributed by atoms with E-state index in [1.54, 1.807) is 55.6 Å². The van der Waals surface area contributed by atoms with Gasteiger partial charge < -0.3 is 19.7 Å². The third kappa shape index (κ3) is 7.80. The van der Waals surface area contributed by atoms with Gasteiger partial charge in [0.2, 0.25) is 5.88 Å². The molecule has 1 aromatic heterocycles. The van der Waals surface area contributed by atoms with Crippen molar-refractivity contribution in [1.29, 1.82) is 5.26 Å². The van der Waals surface area contributed by atoms with Gasteiger partial charge in [-0.3, -0.25) is 4.79 Å². The highest BCUT2D eigenvalue weighted by atomic mass is 32.2. The lowest BCUT2D eigenvalue weighted by atomic mass is 10.0. The van der Waals surface area contributed by atoms with Gasteiger partial charge in [-0.25, -0.2) is 13.4 Å². The van der Waals surface area contributed by atoms with E-state index in [9.17, 15) is 27.3 Å². The number of hydrogen-bond acceptors (Lipinski definition) is 8. The summed E-state index contributed by atoms with van der Waals surface area (Å²) in [5.74, 6) is -0.00489. The van der Waals surface area contributed by atoms with Gasteiger partial charge in [0, 0.05) is 29.9 Å². The van der Waals surface area contributed by atoms with E-state index in [2.05, 4.69) is 21.1 Å². The lowest BCUT2D eigenvalue weighted by Crippen LogP contribution is -2.34. The predicted molar refractivity (Wildman–Crippen MR) is 152 cm³/mol. The molecule has 222 valence electrons. The molecule has 12 heteroatoms. The molecule has 42 heavy (non-hydrogen) atoms. The van der Waals surface area contributed by atoms with Gasteiger partial charge in [-0.2, -0.15) is 14.0 Å². The first-order valence-electron chi connectivity index (χ1n) is 13.5. The molecule has 0 saturated carbocycles. The van der Waals surface area contributed by atoms with Crippen molar-refractivity contribution >= 4 is 21.4 Å². The molecule has 4 rings (SSSR count). The van der Waals surface area contributed by atoms with Gasteiger partial charge >= 0.3 is 6.61 Å². The van der Waals surface area contributed by atoms with E-state index >= 15 is 0 Å². The van der Waals surface area contributed by atoms with E-state index in [1.165, 1.54) is 12.1 Å². The molecule has 1 amide bonds. The van der Waals surface area contributed by atoms with Crippen LogP contribution in [-0.4, -0.2) is 57.0 Å². The largest absolute Gasteiger partial charge is 0.472 e. The van der Waals surface area contributed by atoms with Crippen LogP contribution in [0, 0.1) is 18.3 Å². The van der Waals surface area contributed by atoms with E-state index in [0.717, 1.165) is 5.56 Å². The zero-order chi connectivity index (χ0) is 30.3. The summed E-state index contributed by atoms with van der Waals surface area (Å²) < 4.78 is 60.5. The Balaban J connectivity index is 1.46. The highest BCUT2D eigenvalue weighted by molar-refractivity contribution is 7.91. The second-order valence-electron chi connectivity index (χ2n) is 9.96. The molecule has 0 spiro atoms. The molecule has 1 saturated heterocycles. The average molecular weight is 599 g/mol. The third-order valence-corrected chi connectivity index (χ3v) is 8.80. The minimum atomic E-state index is -3.38. The van der Waals surface area contributed by atoms with E-state index < -0.39 is 28.4 Å². The Labute approximate surface area is 244 Å². The summed E-state index contributed by atoms with van der Waals surface area (Å²) in [5.41, 5.74) is 2.63. The summed E-state index contributed by atoms with van der Waals surface area (Å²) in [4.78, 5) is 19.4. The minimum absolute atomic E-state index is 0.0134. The van der Waals surface area contributed by atoms with Crippen molar-refractivity contribution in [2.24, 2.45) is 0 Å². The smallest absolute Gasteiger partial charge is 0.345 e. The number of aryl methyl sites for hydroxylation is 1. The zero-order valence-corrected chi connectivity index (χ0v) is 24.1. The van der Waals surface area contributed by atoms with E-state index in [4.69, 9.17) is 4.74 Å². The Morgan fingerprint density at radius 3 is 2.45 bits per heavy atom. The number of nitrogens with zero attached hydrogens (tertiary/aromatic N) is 3. The maximum Gasteiger partial charge on any atom is 0.345 e. The fourth-order valence-corrected chi connectivity index (χ4v) is 5.66. The van der Waals surface area contributed by atoms with Crippen molar-refractivity contribution in [2.75, 3.05) is 23.8 Å². The van der Waals surface area contributed by atoms with Gasteiger partial charge in [-0.15, -0.1) is 0 Å². The predicted octanol–water partition coefficient (Wildman–Crippen LogP) is 4.83. The van der Waals surface area contributed by atoms with Crippen molar-refractivity contribution < 1.29 is 31.5 Å². The molecule has 9 nitrogen and oxygen atoms in total. The van der Waals surface area contributed by atoms with Crippen LogP contribution in [0.15, 0.2) is 71.8 Å². The first-order chi connectivity index (χ1) is 20.1. The second-order valence-corrected chi connectivity index (χ2v) is 12.2. The maximum atomic E-state index is 13.1. The molecule has 0 unspecified atom stereocenters. The standard InChI is InChI=1S/C30H32F2N4O5S/c1-3-42(38,39)26-11-7-21(8-12-26)27(14-15-33)35-29(37)22-5-9-23(10-6-22)36-18-25(16-24(36)19-40-30(31)32)41-28-13-4-20(2)17-34-28/h4-13,17,24-25,27,30H,3,14,16,18-19H2,1-2H3,(H,35,37)/t24-,25-,27-/m0/s1. The molecule has 2 aromatic carbocycles. The van der Waals surface area contributed by atoms with Crippen molar-refractivity contribution in [1.82, 2.24) is 10.3 Å². The van der Waals surface area contributed by atoms with Crippen LogP contribution in [0.1, 0.15) is 47.3 Å². The van der Waals surface area contributed by atoms with Gasteiger partial charge in [-0.05, 0) is 54.4 Å². The molecule has 1 aliphatic heterocycles. The van der Waals surface area contributed by atoms with Gasteiger partial charge in [0.05, 0.1) is 48.4 Å². The lowest BCUT2D eigenvalue weighted by Gasteiger charge is -2.26. The Bertz CT molecular complexity index is 1490. The Hall–Kier alpha value is -4.08. The van der Waals surface area contributed by atoms with Gasteiger partial charge in [0.25, 0.3) is 5.91 Å². The summed E-state index contributed by atoms with van der Waals surface area (Å²) in [7, 11) is -3.38. The van der Waals surface area contributed by atoms with E-state index in [0.29, 0.717) is 35.7 Å². The number of alkyl halides is 2. The number of halogens is 2. The SMILES string of the molecule is CCS(=O)(=O)c1ccc([C@H](CC#N)NC(=O)c2ccc(N3C[C@@H](Oc4ccc(C)cn4)C[C@H]3COC(F)F)cc2)cc1. The molecule has 1 fully saturated rings. The first-order valence-corrected chi connectivity index (χ1v) is 15.1. The number of hydrogen-bond donors (Lipinski definition) is 1. The van der Waals surface area contributed by atoms with Crippen LogP contribution in [-0.2, 0) is 14.6 Å². The molecule has 0 bridgehead atoms. The Kier molecular flexibility index (Phi) is 10.1. The Morgan fingerprint density at radius 2 is 1.86 bits per heavy atom. The number of carbonyl (C=O) groups excluding carboxylic acids is 1. The second kappa shape index (κ2) is 13.7. The summed E-state index contributed by atoms with van der Waals surface area (Å²) in [6.45, 7) is 0.786. The monoisotopic (exact) mass is 598 g/mol. The first kappa shape index (κ1) is 30.9. The number of ether oxygens (including phenoxy) is 2. The van der Waals surface area contributed by atoms with Crippen molar-refractivity contribution in [3.8, 4) is 11.9 Å². The average Bonchev–Trinajstić information content (AvgIpc) is 3.39. The van der Waals surface area contributed by atoms with Crippen LogP contribution in [0.4, 0.5) is 14.5 Å². The van der Waals surface area contributed by atoms with Crippen LogP contribution in [0.2, 0.25) is 0 Å². The number of anilines is 1. The number of sulfone groups is 1. The van der Waals surface area contributed by atoms with Crippen LogP contribution in [0.25, 0.3) is 0 Å². The highest BCUT2D eigenvalue weighted by Gasteiger charge is 2.35. The van der Waals surface area contributed by atoms with Gasteiger partial charge in [-0.1, -0.05) is 25.1 Å². The molecule has 1 N–H and O–H groups in total. The molecule has 1 aliphatic rings. The fraction of sp³-hybridized carbons (Fsp3) is 0.367. The molecular weight excluding hydrogens is 566 g/mol. The van der Waals surface area contributed by atoms with Crippen LogP contribution >= 0.6 is 0 Å². The lowest BCUT2D eigenvalue weighted by molar-refractivity contribution is -0.131. The van der Waals surface area contributed by atoms with Gasteiger partial charge in [0.15, 0.2) is 9.84 Å². The molecular formula is C30H32F2N4O5S. The molecule has 0 radical (unpaired) electrons. The quantitative estimate of drug-likeness (QED) is 0.315. The van der Waals surface area contributed by atoms with Crippen molar-refractivity contribution in [2.45, 2.75) is 56.4 Å². The number of carbonyl (C=O) groups is 1. The molecule has 0 aliphatic carbocycles. The van der Waals surface area contributed by atoms with Crippen molar-refractivity contribution in [3.63, 3.8) is 0 Å². The number of benzene rings is 2. The number of nitrogens with one attached hydrogen (secondary N) is 1. The minimum Gasteiger partial charge on any atom is -0.472 e. The summed E-state index contributed by atoms with van der Waals surface area (Å²) >= 11 is 0. The third-order valence-electron chi connectivity index (χ3n) is 7.05. The van der Waals surface area contributed by atoms with Crippen LogP contribution in [0.3, 0.4) is 0 Å². The number of nitriles is 1. The molecule has 2 heterocycles. The normalized spacial score (nSPS) is 17.6. The highest BCUT2D eigenvalue weighted by Crippen LogP contribution is 2.29. The molecule has 3 aromatic rings. The Morgan fingerprint density at radius 1 is 1.14 bits per heavy atom. The van der Waals surface area contributed by atoms with E-state index in [1.807, 2.05) is 17.9 Å². The van der Waals surface area contributed by atoms with Crippen LogP contribution < -0.4 is 15.0 Å². The van der Waals surface area contributed by atoms with Crippen molar-refractivity contribution in [3.05, 3.63) is 83.6 Å². The number of amides is 1. The topological polar surface area (TPSA) is 122 Å². The van der Waals surface area contributed by atoms with Crippen LogP contribution in [0.5, 0.6) is 5.88 Å². The summed E-state index contributed by atoms with van der Waals surface area (Å²) in [6, 6.07) is 17.5. The summed E-state index contributed by atoms with van der Waals surface area (Å²) in [6.07, 6.45) is 1.81. The zero-order valence-electron chi connectivity index (χ0n) is 23.2. The number of rotatable bonds is 12. The van der Waals surface area contributed by atoms with E-state index in [-0.39, 0.29) is 35.8 Å². The number of aromatic nitrogens is 1. The fourth-order valence-electron chi connectivity index (χ4n) is 4.78.